The molecule has 7 heteroatoms. The summed E-state index contributed by atoms with van der Waals surface area (Å²) in [6.45, 7) is 2.68. The minimum Gasteiger partial charge on any atom is -0.327 e. The van der Waals surface area contributed by atoms with Crippen LogP contribution in [0.25, 0.3) is 16.7 Å². The molecule has 0 spiro atoms. The molecule has 1 aromatic carbocycles. The van der Waals surface area contributed by atoms with Crippen LogP contribution in [0.3, 0.4) is 0 Å². The summed E-state index contributed by atoms with van der Waals surface area (Å²) in [5.41, 5.74) is 7.70. The molecule has 0 radical (unpaired) electrons. The first kappa shape index (κ1) is 16.6. The molecule has 2 aliphatic rings. The molecular formula is C20H24N6O. The van der Waals surface area contributed by atoms with Crippen LogP contribution in [0.4, 0.5) is 0 Å². The Kier molecular flexibility index (Phi) is 4.06. The average Bonchev–Trinajstić information content (AvgIpc) is 3.27. The smallest absolute Gasteiger partial charge is 0.262 e. The summed E-state index contributed by atoms with van der Waals surface area (Å²) in [4.78, 5) is 22.6. The molecule has 1 aliphatic carbocycles. The largest absolute Gasteiger partial charge is 0.327 e. The van der Waals surface area contributed by atoms with Gasteiger partial charge in [0, 0.05) is 19.1 Å². The van der Waals surface area contributed by atoms with Crippen molar-refractivity contribution < 1.29 is 0 Å². The van der Waals surface area contributed by atoms with Gasteiger partial charge in [-0.15, -0.1) is 0 Å². The second-order valence-corrected chi connectivity index (χ2v) is 7.85. The number of para-hydroxylation sites is 1. The van der Waals surface area contributed by atoms with E-state index in [0.717, 1.165) is 25.2 Å². The number of benzene rings is 1. The van der Waals surface area contributed by atoms with E-state index in [1.54, 1.807) is 10.9 Å². The maximum absolute atomic E-state index is 12.5. The van der Waals surface area contributed by atoms with Crippen LogP contribution < -0.4 is 11.3 Å². The first-order chi connectivity index (χ1) is 13.2. The number of hydrogen-bond donors (Lipinski definition) is 2. The van der Waals surface area contributed by atoms with E-state index in [4.69, 9.17) is 10.7 Å². The lowest BCUT2D eigenvalue weighted by Gasteiger charge is -2.29. The Morgan fingerprint density at radius 1 is 1.19 bits per heavy atom. The molecule has 1 aliphatic heterocycles. The topological polar surface area (TPSA) is 92.8 Å². The highest BCUT2D eigenvalue weighted by Crippen LogP contribution is 2.35. The van der Waals surface area contributed by atoms with Crippen molar-refractivity contribution in [2.45, 2.75) is 31.8 Å². The standard InChI is InChI=1S/C20H24N6O/c21-17-8-4-5-13-10-25(11-16(13)17)12-18-23-19-15(20(27)24-18)9-22-26(19)14-6-2-1-3-7-14/h1-3,6-7,9,13,16-17H,4-5,8,10-12,21H2,(H,23,24,27). The number of nitrogens with zero attached hydrogens (tertiary/aromatic N) is 4. The predicted octanol–water partition coefficient (Wildman–Crippen LogP) is 1.67. The fraction of sp³-hybridized carbons (Fsp3) is 0.450. The number of aromatic amines is 1. The van der Waals surface area contributed by atoms with Gasteiger partial charge in [-0.1, -0.05) is 24.6 Å². The van der Waals surface area contributed by atoms with Crippen molar-refractivity contribution in [3.63, 3.8) is 0 Å². The Hall–Kier alpha value is -2.51. The molecular weight excluding hydrogens is 340 g/mol. The molecule has 3 unspecified atom stereocenters. The van der Waals surface area contributed by atoms with Gasteiger partial charge in [0.2, 0.25) is 0 Å². The lowest BCUT2D eigenvalue weighted by atomic mass is 9.78. The Morgan fingerprint density at radius 2 is 2.04 bits per heavy atom. The third-order valence-corrected chi connectivity index (χ3v) is 6.09. The number of nitrogens with one attached hydrogen (secondary N) is 1. The lowest BCUT2D eigenvalue weighted by Crippen LogP contribution is -2.38. The van der Waals surface area contributed by atoms with E-state index >= 15 is 0 Å². The minimum absolute atomic E-state index is 0.134. The molecule has 3 heterocycles. The predicted molar refractivity (Wildman–Crippen MR) is 104 cm³/mol. The lowest BCUT2D eigenvalue weighted by molar-refractivity contribution is 0.259. The number of fused-ring (bicyclic) bond motifs is 2. The van der Waals surface area contributed by atoms with Crippen LogP contribution in [-0.2, 0) is 6.54 Å². The zero-order valence-corrected chi connectivity index (χ0v) is 15.2. The number of rotatable bonds is 3. The van der Waals surface area contributed by atoms with Gasteiger partial charge >= 0.3 is 0 Å². The van der Waals surface area contributed by atoms with Crippen LogP contribution in [-0.4, -0.2) is 43.8 Å². The Bertz CT molecular complexity index is 1010. The van der Waals surface area contributed by atoms with Crippen LogP contribution in [0.2, 0.25) is 0 Å². The second-order valence-electron chi connectivity index (χ2n) is 7.85. The van der Waals surface area contributed by atoms with E-state index < -0.39 is 0 Å². The molecule has 1 saturated heterocycles. The molecule has 2 aromatic heterocycles. The molecule has 3 N–H and O–H groups in total. The van der Waals surface area contributed by atoms with Crippen molar-refractivity contribution in [2.24, 2.45) is 17.6 Å². The highest BCUT2D eigenvalue weighted by atomic mass is 16.1. The van der Waals surface area contributed by atoms with E-state index in [2.05, 4.69) is 15.0 Å². The molecule has 1 saturated carbocycles. The molecule has 0 amide bonds. The van der Waals surface area contributed by atoms with Crippen molar-refractivity contribution in [3.8, 4) is 5.69 Å². The summed E-state index contributed by atoms with van der Waals surface area (Å²) in [6, 6.07) is 10.1. The molecule has 3 aromatic rings. The second kappa shape index (κ2) is 6.58. The van der Waals surface area contributed by atoms with Crippen LogP contribution in [0, 0.1) is 11.8 Å². The zero-order chi connectivity index (χ0) is 18.4. The van der Waals surface area contributed by atoms with Crippen molar-refractivity contribution in [1.29, 1.82) is 0 Å². The minimum atomic E-state index is -0.134. The van der Waals surface area contributed by atoms with Gasteiger partial charge in [-0.25, -0.2) is 9.67 Å². The first-order valence-electron chi connectivity index (χ1n) is 9.69. The molecule has 2 fully saturated rings. The van der Waals surface area contributed by atoms with E-state index in [0.29, 0.717) is 41.3 Å². The summed E-state index contributed by atoms with van der Waals surface area (Å²) >= 11 is 0. The molecule has 0 bridgehead atoms. The monoisotopic (exact) mass is 364 g/mol. The molecule has 5 rings (SSSR count). The average molecular weight is 364 g/mol. The van der Waals surface area contributed by atoms with Crippen LogP contribution in [0.1, 0.15) is 25.1 Å². The SMILES string of the molecule is NC1CCCC2CN(Cc3nc4c(cnn4-c4ccccc4)c(=O)[nH]3)CC12. The van der Waals surface area contributed by atoms with E-state index in [9.17, 15) is 4.79 Å². The first-order valence-corrected chi connectivity index (χ1v) is 9.69. The summed E-state index contributed by atoms with van der Waals surface area (Å²) in [6.07, 6.45) is 5.21. The van der Waals surface area contributed by atoms with Gasteiger partial charge in [-0.05, 0) is 36.8 Å². The van der Waals surface area contributed by atoms with E-state index in [-0.39, 0.29) is 5.56 Å². The Balaban J connectivity index is 1.45. The third kappa shape index (κ3) is 2.96. The van der Waals surface area contributed by atoms with Gasteiger partial charge in [0.15, 0.2) is 5.65 Å². The maximum atomic E-state index is 12.5. The van der Waals surface area contributed by atoms with Gasteiger partial charge < -0.3 is 10.7 Å². The molecule has 7 nitrogen and oxygen atoms in total. The molecule has 140 valence electrons. The molecule has 27 heavy (non-hydrogen) atoms. The van der Waals surface area contributed by atoms with Crippen molar-refractivity contribution in [2.75, 3.05) is 13.1 Å². The van der Waals surface area contributed by atoms with Gasteiger partial charge in [0.25, 0.3) is 5.56 Å². The fourth-order valence-corrected chi connectivity index (χ4v) is 4.75. The normalized spacial score (nSPS) is 25.7. The fourth-order valence-electron chi connectivity index (χ4n) is 4.75. The maximum Gasteiger partial charge on any atom is 0.262 e. The van der Waals surface area contributed by atoms with Crippen LogP contribution in [0.5, 0.6) is 0 Å². The quantitative estimate of drug-likeness (QED) is 0.737. The third-order valence-electron chi connectivity index (χ3n) is 6.09. The molecule has 3 atom stereocenters. The highest BCUT2D eigenvalue weighted by molar-refractivity contribution is 5.75. The Labute approximate surface area is 157 Å². The van der Waals surface area contributed by atoms with Gasteiger partial charge in [0.05, 0.1) is 18.4 Å². The van der Waals surface area contributed by atoms with Crippen molar-refractivity contribution in [3.05, 3.63) is 52.7 Å². The number of likely N-dealkylation sites (tertiary alicyclic amines) is 1. The van der Waals surface area contributed by atoms with Gasteiger partial charge in [0.1, 0.15) is 11.2 Å². The van der Waals surface area contributed by atoms with Gasteiger partial charge in [-0.2, -0.15) is 5.10 Å². The van der Waals surface area contributed by atoms with Crippen LogP contribution in [0.15, 0.2) is 41.3 Å². The zero-order valence-electron chi connectivity index (χ0n) is 15.2. The summed E-state index contributed by atoms with van der Waals surface area (Å²) in [5, 5.41) is 4.89. The number of nitrogens with two attached hydrogens (primary N) is 1. The van der Waals surface area contributed by atoms with E-state index in [1.165, 1.54) is 12.8 Å². The van der Waals surface area contributed by atoms with E-state index in [1.807, 2.05) is 30.3 Å². The van der Waals surface area contributed by atoms with Crippen molar-refractivity contribution in [1.82, 2.24) is 24.6 Å². The summed E-state index contributed by atoms with van der Waals surface area (Å²) in [5.74, 6) is 1.94. The van der Waals surface area contributed by atoms with Crippen LogP contribution >= 0.6 is 0 Å². The number of H-pyrrole nitrogens is 1. The summed E-state index contributed by atoms with van der Waals surface area (Å²) in [7, 11) is 0. The number of aromatic nitrogens is 4. The number of hydrogen-bond acceptors (Lipinski definition) is 5. The highest BCUT2D eigenvalue weighted by Gasteiger charge is 2.38. The van der Waals surface area contributed by atoms with Crippen molar-refractivity contribution >= 4 is 11.0 Å². The summed E-state index contributed by atoms with van der Waals surface area (Å²) < 4.78 is 1.73. The van der Waals surface area contributed by atoms with Gasteiger partial charge in [-0.3, -0.25) is 9.69 Å². The Morgan fingerprint density at radius 3 is 2.85 bits per heavy atom.